The Hall–Kier alpha value is -1.09. The number of nitrogens with two attached hydrogens (primary N) is 1. The first kappa shape index (κ1) is 9.46. The third-order valence-electron chi connectivity index (χ3n) is 2.30. The van der Waals surface area contributed by atoms with Crippen LogP contribution in [-0.4, -0.2) is 4.98 Å². The van der Waals surface area contributed by atoms with E-state index >= 15 is 0 Å². The molecule has 2 nitrogen and oxygen atoms in total. The van der Waals surface area contributed by atoms with E-state index in [2.05, 4.69) is 33.9 Å². The monoisotopic (exact) mass is 250 g/mol. The van der Waals surface area contributed by atoms with E-state index in [4.69, 9.17) is 5.73 Å². The number of aryl methyl sites for hydroxylation is 1. The van der Waals surface area contributed by atoms with Crippen LogP contribution >= 0.6 is 15.9 Å². The highest BCUT2D eigenvalue weighted by Crippen LogP contribution is 2.26. The predicted molar refractivity (Wildman–Crippen MR) is 63.2 cm³/mol. The van der Waals surface area contributed by atoms with Crippen LogP contribution < -0.4 is 5.73 Å². The molecule has 0 fully saturated rings. The van der Waals surface area contributed by atoms with E-state index in [1.165, 1.54) is 5.56 Å². The average Bonchev–Trinajstić information content (AvgIpc) is 2.18. The van der Waals surface area contributed by atoms with E-state index < -0.39 is 0 Å². The summed E-state index contributed by atoms with van der Waals surface area (Å²) in [5.74, 6) is 0. The lowest BCUT2D eigenvalue weighted by atomic mass is 10.1. The van der Waals surface area contributed by atoms with Crippen molar-refractivity contribution in [2.24, 2.45) is 0 Å². The summed E-state index contributed by atoms with van der Waals surface area (Å²) in [5.41, 5.74) is 8.90. The van der Waals surface area contributed by atoms with E-state index in [-0.39, 0.29) is 0 Å². The molecule has 0 unspecified atom stereocenters. The minimum absolute atomic E-state index is 0.783. The summed E-state index contributed by atoms with van der Waals surface area (Å²) in [7, 11) is 0. The minimum Gasteiger partial charge on any atom is -0.398 e. The Morgan fingerprint density at radius 3 is 2.93 bits per heavy atom. The normalized spacial score (nSPS) is 10.7. The second-order valence-corrected chi connectivity index (χ2v) is 4.13. The molecule has 3 heteroatoms. The highest BCUT2D eigenvalue weighted by molar-refractivity contribution is 9.10. The van der Waals surface area contributed by atoms with Crippen LogP contribution in [-0.2, 0) is 6.42 Å². The molecular formula is C11H11BrN2. The summed E-state index contributed by atoms with van der Waals surface area (Å²) in [6.07, 6.45) is 2.72. The molecule has 0 aliphatic carbocycles. The Bertz CT molecular complexity index is 480. The topological polar surface area (TPSA) is 38.9 Å². The summed E-state index contributed by atoms with van der Waals surface area (Å²) in [4.78, 5) is 4.35. The fourth-order valence-corrected chi connectivity index (χ4v) is 2.08. The van der Waals surface area contributed by atoms with Gasteiger partial charge in [0, 0.05) is 21.7 Å². The largest absolute Gasteiger partial charge is 0.398 e. The van der Waals surface area contributed by atoms with Crippen molar-refractivity contribution in [3.05, 3.63) is 34.4 Å². The van der Waals surface area contributed by atoms with Crippen molar-refractivity contribution < 1.29 is 0 Å². The highest BCUT2D eigenvalue weighted by atomic mass is 79.9. The van der Waals surface area contributed by atoms with Gasteiger partial charge >= 0.3 is 0 Å². The van der Waals surface area contributed by atoms with Crippen molar-refractivity contribution in [3.63, 3.8) is 0 Å². The van der Waals surface area contributed by atoms with Crippen LogP contribution in [0, 0.1) is 0 Å². The van der Waals surface area contributed by atoms with Gasteiger partial charge in [-0.25, -0.2) is 0 Å². The van der Waals surface area contributed by atoms with Gasteiger partial charge in [-0.05, 0) is 30.2 Å². The lowest BCUT2D eigenvalue weighted by Crippen LogP contribution is -1.92. The molecule has 0 saturated carbocycles. The molecule has 0 bridgehead atoms. The molecular weight excluding hydrogens is 240 g/mol. The number of halogens is 1. The Morgan fingerprint density at radius 1 is 1.43 bits per heavy atom. The van der Waals surface area contributed by atoms with Crippen LogP contribution in [0.5, 0.6) is 0 Å². The van der Waals surface area contributed by atoms with Crippen molar-refractivity contribution in [3.8, 4) is 0 Å². The number of nitrogens with zero attached hydrogens (tertiary/aromatic N) is 1. The van der Waals surface area contributed by atoms with E-state index in [1.807, 2.05) is 12.1 Å². The average molecular weight is 251 g/mol. The predicted octanol–water partition coefficient (Wildman–Crippen LogP) is 3.14. The van der Waals surface area contributed by atoms with Gasteiger partial charge < -0.3 is 5.73 Å². The molecule has 2 rings (SSSR count). The quantitative estimate of drug-likeness (QED) is 0.845. The van der Waals surface area contributed by atoms with Crippen LogP contribution in [0.25, 0.3) is 10.9 Å². The number of anilines is 1. The molecule has 0 amide bonds. The highest BCUT2D eigenvalue weighted by Gasteiger charge is 2.04. The second kappa shape index (κ2) is 3.58. The number of fused-ring (bicyclic) bond motifs is 1. The second-order valence-electron chi connectivity index (χ2n) is 3.21. The van der Waals surface area contributed by atoms with Gasteiger partial charge in [0.25, 0.3) is 0 Å². The third-order valence-corrected chi connectivity index (χ3v) is 2.76. The SMILES string of the molecule is CCc1cc(Br)cc2c(N)ccnc12. The smallest absolute Gasteiger partial charge is 0.0755 e. The number of aromatic nitrogens is 1. The van der Waals surface area contributed by atoms with Crippen molar-refractivity contribution in [2.45, 2.75) is 13.3 Å². The number of benzene rings is 1. The lowest BCUT2D eigenvalue weighted by molar-refractivity contribution is 1.14. The maximum atomic E-state index is 5.89. The molecule has 0 aliphatic heterocycles. The van der Waals surface area contributed by atoms with Crippen LogP contribution in [0.4, 0.5) is 5.69 Å². The maximum Gasteiger partial charge on any atom is 0.0755 e. The molecule has 1 aromatic heterocycles. The zero-order valence-corrected chi connectivity index (χ0v) is 9.51. The van der Waals surface area contributed by atoms with Crippen LogP contribution in [0.15, 0.2) is 28.9 Å². The van der Waals surface area contributed by atoms with Crippen molar-refractivity contribution in [1.29, 1.82) is 0 Å². The van der Waals surface area contributed by atoms with Crippen LogP contribution in [0.2, 0.25) is 0 Å². The first-order chi connectivity index (χ1) is 6.72. The zero-order valence-electron chi connectivity index (χ0n) is 7.92. The molecule has 1 aromatic carbocycles. The molecule has 0 atom stereocenters. The van der Waals surface area contributed by atoms with E-state index in [9.17, 15) is 0 Å². The van der Waals surface area contributed by atoms with Gasteiger partial charge in [0.2, 0.25) is 0 Å². The lowest BCUT2D eigenvalue weighted by Gasteiger charge is -2.06. The van der Waals surface area contributed by atoms with Crippen molar-refractivity contribution >= 4 is 32.5 Å². The number of hydrogen-bond donors (Lipinski definition) is 1. The number of pyridine rings is 1. The minimum atomic E-state index is 0.783. The molecule has 1 heterocycles. The molecule has 0 radical (unpaired) electrons. The molecule has 2 N–H and O–H groups in total. The van der Waals surface area contributed by atoms with E-state index in [0.29, 0.717) is 0 Å². The Morgan fingerprint density at radius 2 is 2.21 bits per heavy atom. The number of hydrogen-bond acceptors (Lipinski definition) is 2. The summed E-state index contributed by atoms with van der Waals surface area (Å²) in [5, 5.41) is 1.03. The summed E-state index contributed by atoms with van der Waals surface area (Å²) >= 11 is 3.47. The molecule has 0 aliphatic rings. The molecule has 0 saturated heterocycles. The fourth-order valence-electron chi connectivity index (χ4n) is 1.58. The summed E-state index contributed by atoms with van der Waals surface area (Å²) < 4.78 is 1.06. The van der Waals surface area contributed by atoms with E-state index in [0.717, 1.165) is 27.5 Å². The van der Waals surface area contributed by atoms with Gasteiger partial charge in [-0.1, -0.05) is 22.9 Å². The molecule has 14 heavy (non-hydrogen) atoms. The van der Waals surface area contributed by atoms with Gasteiger partial charge in [-0.3, -0.25) is 4.98 Å². The fraction of sp³-hybridized carbons (Fsp3) is 0.182. The Labute approximate surface area is 91.3 Å². The van der Waals surface area contributed by atoms with Crippen molar-refractivity contribution in [1.82, 2.24) is 4.98 Å². The molecule has 2 aromatic rings. The third kappa shape index (κ3) is 1.48. The summed E-state index contributed by atoms with van der Waals surface area (Å²) in [6, 6.07) is 5.93. The van der Waals surface area contributed by atoms with Gasteiger partial charge in [0.1, 0.15) is 0 Å². The maximum absolute atomic E-state index is 5.89. The van der Waals surface area contributed by atoms with Crippen LogP contribution in [0.1, 0.15) is 12.5 Å². The van der Waals surface area contributed by atoms with Crippen molar-refractivity contribution in [2.75, 3.05) is 5.73 Å². The number of nitrogen functional groups attached to an aromatic ring is 1. The van der Waals surface area contributed by atoms with E-state index in [1.54, 1.807) is 6.20 Å². The zero-order chi connectivity index (χ0) is 10.1. The van der Waals surface area contributed by atoms with Gasteiger partial charge in [-0.15, -0.1) is 0 Å². The standard InChI is InChI=1S/C11H11BrN2/c1-2-7-5-8(12)6-9-10(13)3-4-14-11(7)9/h3-6H,2H2,1H3,(H2,13,14). The Balaban J connectivity index is 2.87. The van der Waals surface area contributed by atoms with Gasteiger partial charge in [0.15, 0.2) is 0 Å². The first-order valence-electron chi connectivity index (χ1n) is 4.55. The first-order valence-corrected chi connectivity index (χ1v) is 5.34. The molecule has 72 valence electrons. The van der Waals surface area contributed by atoms with Gasteiger partial charge in [0.05, 0.1) is 5.52 Å². The van der Waals surface area contributed by atoms with Crippen LogP contribution in [0.3, 0.4) is 0 Å². The summed E-state index contributed by atoms with van der Waals surface area (Å²) in [6.45, 7) is 2.12. The van der Waals surface area contributed by atoms with Gasteiger partial charge in [-0.2, -0.15) is 0 Å². The number of rotatable bonds is 1. The Kier molecular flexibility index (Phi) is 2.42. The molecule has 0 spiro atoms.